The third-order valence-corrected chi connectivity index (χ3v) is 4.09. The zero-order chi connectivity index (χ0) is 20.6. The van der Waals surface area contributed by atoms with Crippen molar-refractivity contribution in [2.24, 2.45) is 0 Å². The molecule has 0 spiro atoms. The minimum atomic E-state index is -4.36. The van der Waals surface area contributed by atoms with Gasteiger partial charge in [0.1, 0.15) is 18.1 Å². The number of aldehydes is 1. The Bertz CT molecular complexity index is 757. The second-order valence-corrected chi connectivity index (χ2v) is 6.43. The number of carbonyl (C=O) groups excluding carboxylic acids is 1. The first-order valence-corrected chi connectivity index (χ1v) is 9.05. The molecule has 0 fully saturated rings. The van der Waals surface area contributed by atoms with Gasteiger partial charge in [-0.2, -0.15) is 13.2 Å². The number of hydrogen-bond acceptors (Lipinski definition) is 4. The lowest BCUT2D eigenvalue weighted by Crippen LogP contribution is -2.05. The molecule has 28 heavy (non-hydrogen) atoms. The van der Waals surface area contributed by atoms with Crippen molar-refractivity contribution in [2.45, 2.75) is 19.0 Å². The lowest BCUT2D eigenvalue weighted by molar-refractivity contribution is -0.137. The number of halogens is 5. The molecule has 0 N–H and O–H groups in total. The zero-order valence-corrected chi connectivity index (χ0v) is 16.1. The van der Waals surface area contributed by atoms with Crippen LogP contribution < -0.4 is 14.2 Å². The molecule has 0 aromatic heterocycles. The topological polar surface area (TPSA) is 44.8 Å². The van der Waals surface area contributed by atoms with E-state index in [1.54, 1.807) is 0 Å². The van der Waals surface area contributed by atoms with Crippen LogP contribution in [-0.4, -0.2) is 26.1 Å². The summed E-state index contributed by atoms with van der Waals surface area (Å²) < 4.78 is 53.6. The molecule has 0 saturated carbocycles. The second-order valence-electron chi connectivity index (χ2n) is 5.62. The van der Waals surface area contributed by atoms with E-state index in [1.807, 2.05) is 0 Å². The van der Waals surface area contributed by atoms with E-state index in [-0.39, 0.29) is 16.7 Å². The molecular formula is C19H17Cl2F3O4. The quantitative estimate of drug-likeness (QED) is 0.347. The van der Waals surface area contributed by atoms with E-state index in [9.17, 15) is 18.0 Å². The summed E-state index contributed by atoms with van der Waals surface area (Å²) in [6, 6.07) is 7.52. The van der Waals surface area contributed by atoms with Crippen molar-refractivity contribution in [1.29, 1.82) is 0 Å². The second kappa shape index (κ2) is 10.4. The van der Waals surface area contributed by atoms with Crippen LogP contribution in [0.15, 0.2) is 36.4 Å². The third-order valence-electron chi connectivity index (χ3n) is 3.53. The van der Waals surface area contributed by atoms with Gasteiger partial charge in [-0.05, 0) is 37.1 Å². The zero-order valence-electron chi connectivity index (χ0n) is 14.6. The van der Waals surface area contributed by atoms with Crippen LogP contribution in [-0.2, 0) is 11.0 Å². The molecule has 152 valence electrons. The fraction of sp³-hybridized carbons (Fsp3) is 0.316. The third kappa shape index (κ3) is 6.80. The average molecular weight is 437 g/mol. The Kier molecular flexibility index (Phi) is 8.26. The van der Waals surface area contributed by atoms with Crippen LogP contribution in [0.25, 0.3) is 0 Å². The molecule has 0 atom stereocenters. The number of alkyl halides is 3. The van der Waals surface area contributed by atoms with Gasteiger partial charge in [-0.3, -0.25) is 4.79 Å². The predicted molar refractivity (Wildman–Crippen MR) is 99.7 cm³/mol. The Balaban J connectivity index is 1.72. The van der Waals surface area contributed by atoms with E-state index in [0.717, 1.165) is 12.1 Å². The molecule has 0 bridgehead atoms. The summed E-state index contributed by atoms with van der Waals surface area (Å²) in [4.78, 5) is 10.3. The van der Waals surface area contributed by atoms with Crippen molar-refractivity contribution in [3.8, 4) is 17.2 Å². The fourth-order valence-corrected chi connectivity index (χ4v) is 2.77. The SMILES string of the molecule is O=CCOc1cc(Cl)c(OCCCCOc2ccc(C(F)(F)F)cc2)c(Cl)c1. The van der Waals surface area contributed by atoms with Gasteiger partial charge >= 0.3 is 6.18 Å². The van der Waals surface area contributed by atoms with Crippen LogP contribution in [0.2, 0.25) is 10.0 Å². The van der Waals surface area contributed by atoms with E-state index in [4.69, 9.17) is 37.4 Å². The van der Waals surface area contributed by atoms with Crippen molar-refractivity contribution in [3.05, 3.63) is 52.0 Å². The number of unbranched alkanes of at least 4 members (excludes halogenated alkanes) is 1. The van der Waals surface area contributed by atoms with Crippen LogP contribution in [0, 0.1) is 0 Å². The Morgan fingerprint density at radius 2 is 1.43 bits per heavy atom. The molecule has 0 aliphatic rings. The number of rotatable bonds is 10. The van der Waals surface area contributed by atoms with Gasteiger partial charge in [0.15, 0.2) is 12.0 Å². The molecule has 0 heterocycles. The van der Waals surface area contributed by atoms with Gasteiger partial charge < -0.3 is 14.2 Å². The Hall–Kier alpha value is -2.12. The number of ether oxygens (including phenoxy) is 3. The summed E-state index contributed by atoms with van der Waals surface area (Å²) in [5, 5.41) is 0.517. The molecule has 0 saturated heterocycles. The summed E-state index contributed by atoms with van der Waals surface area (Å²) in [5.74, 6) is 1.04. The average Bonchev–Trinajstić information content (AvgIpc) is 2.64. The van der Waals surface area contributed by atoms with Crippen molar-refractivity contribution < 1.29 is 32.2 Å². The van der Waals surface area contributed by atoms with E-state index in [0.29, 0.717) is 49.6 Å². The molecular weight excluding hydrogens is 420 g/mol. The van der Waals surface area contributed by atoms with E-state index >= 15 is 0 Å². The van der Waals surface area contributed by atoms with Crippen LogP contribution in [0.1, 0.15) is 18.4 Å². The minimum absolute atomic E-state index is 0.105. The van der Waals surface area contributed by atoms with Gasteiger partial charge in [0.25, 0.3) is 0 Å². The van der Waals surface area contributed by atoms with Crippen LogP contribution >= 0.6 is 23.2 Å². The molecule has 2 aromatic carbocycles. The highest BCUT2D eigenvalue weighted by Gasteiger charge is 2.29. The van der Waals surface area contributed by atoms with Gasteiger partial charge in [-0.1, -0.05) is 23.2 Å². The largest absolute Gasteiger partial charge is 0.494 e. The number of carbonyl (C=O) groups is 1. The van der Waals surface area contributed by atoms with Gasteiger partial charge in [0.2, 0.25) is 0 Å². The fourth-order valence-electron chi connectivity index (χ4n) is 2.20. The minimum Gasteiger partial charge on any atom is -0.494 e. The van der Waals surface area contributed by atoms with Crippen molar-refractivity contribution in [1.82, 2.24) is 0 Å². The lowest BCUT2D eigenvalue weighted by atomic mass is 10.2. The maximum atomic E-state index is 12.5. The van der Waals surface area contributed by atoms with E-state index in [1.165, 1.54) is 24.3 Å². The highest BCUT2D eigenvalue weighted by molar-refractivity contribution is 6.37. The van der Waals surface area contributed by atoms with Crippen molar-refractivity contribution in [3.63, 3.8) is 0 Å². The highest BCUT2D eigenvalue weighted by atomic mass is 35.5. The van der Waals surface area contributed by atoms with E-state index < -0.39 is 11.7 Å². The normalized spacial score (nSPS) is 11.2. The standard InChI is InChI=1S/C19H17Cl2F3O4/c20-16-11-15(27-10-7-25)12-17(21)18(16)28-9-2-1-8-26-14-5-3-13(4-6-14)19(22,23)24/h3-7,11-12H,1-2,8-10H2. The molecule has 0 unspecified atom stereocenters. The number of hydrogen-bond donors (Lipinski definition) is 0. The van der Waals surface area contributed by atoms with Crippen LogP contribution in [0.4, 0.5) is 13.2 Å². The first kappa shape index (κ1) is 22.2. The van der Waals surface area contributed by atoms with Gasteiger partial charge in [0.05, 0.1) is 28.8 Å². The molecule has 4 nitrogen and oxygen atoms in total. The van der Waals surface area contributed by atoms with Crippen LogP contribution in [0.3, 0.4) is 0 Å². The van der Waals surface area contributed by atoms with Gasteiger partial charge in [-0.15, -0.1) is 0 Å². The van der Waals surface area contributed by atoms with Crippen molar-refractivity contribution >= 4 is 29.5 Å². The summed E-state index contributed by atoms with van der Waals surface area (Å²) in [6.45, 7) is 0.546. The monoisotopic (exact) mass is 436 g/mol. The van der Waals surface area contributed by atoms with E-state index in [2.05, 4.69) is 0 Å². The molecule has 2 aromatic rings. The first-order chi connectivity index (χ1) is 13.3. The molecule has 0 aliphatic carbocycles. The van der Waals surface area contributed by atoms with Gasteiger partial charge in [-0.25, -0.2) is 0 Å². The molecule has 0 aliphatic heterocycles. The summed E-state index contributed by atoms with van der Waals surface area (Å²) in [5.41, 5.74) is -0.718. The summed E-state index contributed by atoms with van der Waals surface area (Å²) in [6.07, 6.45) is -2.51. The maximum Gasteiger partial charge on any atom is 0.416 e. The highest BCUT2D eigenvalue weighted by Crippen LogP contribution is 2.37. The summed E-state index contributed by atoms with van der Waals surface area (Å²) >= 11 is 12.2. The van der Waals surface area contributed by atoms with Crippen LogP contribution in [0.5, 0.6) is 17.2 Å². The molecule has 9 heteroatoms. The number of benzene rings is 2. The molecule has 0 amide bonds. The summed E-state index contributed by atoms with van der Waals surface area (Å²) in [7, 11) is 0. The van der Waals surface area contributed by atoms with Crippen molar-refractivity contribution in [2.75, 3.05) is 19.8 Å². The lowest BCUT2D eigenvalue weighted by Gasteiger charge is -2.12. The Morgan fingerprint density at radius 3 is 1.96 bits per heavy atom. The Morgan fingerprint density at radius 1 is 0.857 bits per heavy atom. The first-order valence-electron chi connectivity index (χ1n) is 8.29. The maximum absolute atomic E-state index is 12.5. The van der Waals surface area contributed by atoms with Gasteiger partial charge in [0, 0.05) is 12.1 Å². The smallest absolute Gasteiger partial charge is 0.416 e. The molecule has 2 rings (SSSR count). The Labute approximate surface area is 170 Å². The molecule has 0 radical (unpaired) electrons. The predicted octanol–water partition coefficient (Wildman–Crippen LogP) is 5.83.